The number of hydrogen-bond acceptors (Lipinski definition) is 5. The molecular weight excluding hydrogens is 208 g/mol. The molecule has 0 bridgehead atoms. The zero-order valence-electron chi connectivity index (χ0n) is 9.46. The van der Waals surface area contributed by atoms with Gasteiger partial charge in [0.25, 0.3) is 0 Å². The van der Waals surface area contributed by atoms with Gasteiger partial charge in [0.1, 0.15) is 18.3 Å². The van der Waals surface area contributed by atoms with Gasteiger partial charge in [-0.15, -0.1) is 0 Å². The summed E-state index contributed by atoms with van der Waals surface area (Å²) in [5.41, 5.74) is 0. The Kier molecular flexibility index (Phi) is 3.66. The summed E-state index contributed by atoms with van der Waals surface area (Å²) in [5, 5.41) is 18.8. The predicted molar refractivity (Wildman–Crippen MR) is 58.6 cm³/mol. The van der Waals surface area contributed by atoms with E-state index in [0.717, 1.165) is 26.2 Å². The molecule has 5 nitrogen and oxygen atoms in total. The third-order valence-corrected chi connectivity index (χ3v) is 3.02. The van der Waals surface area contributed by atoms with Gasteiger partial charge in [-0.25, -0.2) is 0 Å². The van der Waals surface area contributed by atoms with Crippen LogP contribution < -0.4 is 0 Å². The van der Waals surface area contributed by atoms with Crippen molar-refractivity contribution in [1.29, 1.82) is 0 Å². The maximum Gasteiger partial charge on any atom is 0.148 e. The number of aliphatic hydroxyl groups excluding tert-OH is 2. The van der Waals surface area contributed by atoms with E-state index in [1.807, 2.05) is 4.90 Å². The number of ether oxygens (including phenoxy) is 1. The number of aliphatic hydroxyl groups is 2. The van der Waals surface area contributed by atoms with Crippen molar-refractivity contribution in [2.45, 2.75) is 18.3 Å². The van der Waals surface area contributed by atoms with E-state index in [0.29, 0.717) is 0 Å². The SMILES string of the molecule is CN1CCN(C#CC2OCC(O)C2O)CC1. The van der Waals surface area contributed by atoms with E-state index >= 15 is 0 Å². The molecule has 2 fully saturated rings. The van der Waals surface area contributed by atoms with Gasteiger partial charge in [-0.2, -0.15) is 0 Å². The van der Waals surface area contributed by atoms with Crippen LogP contribution in [-0.2, 0) is 4.74 Å². The Hall–Kier alpha value is -0.800. The average molecular weight is 226 g/mol. The van der Waals surface area contributed by atoms with Crippen molar-refractivity contribution < 1.29 is 14.9 Å². The van der Waals surface area contributed by atoms with Crippen LogP contribution in [0, 0.1) is 12.0 Å². The van der Waals surface area contributed by atoms with E-state index in [1.165, 1.54) is 0 Å². The molecule has 90 valence electrons. The van der Waals surface area contributed by atoms with E-state index in [4.69, 9.17) is 4.74 Å². The molecular formula is C11H18N2O3. The lowest BCUT2D eigenvalue weighted by molar-refractivity contribution is 0.0445. The van der Waals surface area contributed by atoms with Gasteiger partial charge in [-0.05, 0) is 13.0 Å². The predicted octanol–water partition coefficient (Wildman–Crippen LogP) is -1.68. The lowest BCUT2D eigenvalue weighted by Crippen LogP contribution is -2.42. The number of nitrogens with zero attached hydrogens (tertiary/aromatic N) is 2. The van der Waals surface area contributed by atoms with Crippen molar-refractivity contribution in [2.24, 2.45) is 0 Å². The van der Waals surface area contributed by atoms with Gasteiger partial charge in [0.05, 0.1) is 6.61 Å². The molecule has 0 aliphatic carbocycles. The summed E-state index contributed by atoms with van der Waals surface area (Å²) in [6.45, 7) is 4.00. The van der Waals surface area contributed by atoms with Crippen molar-refractivity contribution in [3.63, 3.8) is 0 Å². The van der Waals surface area contributed by atoms with E-state index in [2.05, 4.69) is 23.9 Å². The molecule has 0 aromatic carbocycles. The Morgan fingerprint density at radius 1 is 1.19 bits per heavy atom. The molecule has 2 heterocycles. The van der Waals surface area contributed by atoms with Crippen molar-refractivity contribution in [3.05, 3.63) is 0 Å². The van der Waals surface area contributed by atoms with Crippen LogP contribution in [0.2, 0.25) is 0 Å². The number of hydrogen-bond donors (Lipinski definition) is 2. The first-order chi connectivity index (χ1) is 7.66. The average Bonchev–Trinajstić information content (AvgIpc) is 2.60. The fourth-order valence-electron chi connectivity index (χ4n) is 1.80. The van der Waals surface area contributed by atoms with Gasteiger partial charge in [0.2, 0.25) is 0 Å². The summed E-state index contributed by atoms with van der Waals surface area (Å²) in [4.78, 5) is 4.28. The van der Waals surface area contributed by atoms with Crippen LogP contribution in [0.15, 0.2) is 0 Å². The van der Waals surface area contributed by atoms with Crippen LogP contribution in [0.4, 0.5) is 0 Å². The second-order valence-corrected chi connectivity index (χ2v) is 4.36. The Morgan fingerprint density at radius 3 is 2.44 bits per heavy atom. The fourth-order valence-corrected chi connectivity index (χ4v) is 1.80. The monoisotopic (exact) mass is 226 g/mol. The summed E-state index contributed by atoms with van der Waals surface area (Å²) in [6, 6.07) is 3.00. The van der Waals surface area contributed by atoms with Gasteiger partial charge in [-0.1, -0.05) is 0 Å². The minimum absolute atomic E-state index is 0.170. The molecule has 0 aromatic heterocycles. The van der Waals surface area contributed by atoms with Gasteiger partial charge >= 0.3 is 0 Å². The summed E-state index contributed by atoms with van der Waals surface area (Å²) in [6.07, 6.45) is -2.22. The quantitative estimate of drug-likeness (QED) is 0.483. The molecule has 2 N–H and O–H groups in total. The molecule has 2 saturated heterocycles. The first-order valence-corrected chi connectivity index (χ1v) is 5.59. The number of rotatable bonds is 0. The Bertz CT molecular complexity index is 291. The molecule has 2 aliphatic rings. The molecule has 2 aliphatic heterocycles. The van der Waals surface area contributed by atoms with E-state index in [9.17, 15) is 10.2 Å². The minimum atomic E-state index is -0.875. The summed E-state index contributed by atoms with van der Waals surface area (Å²) in [5.74, 6) is 2.87. The summed E-state index contributed by atoms with van der Waals surface area (Å²) < 4.78 is 5.18. The highest BCUT2D eigenvalue weighted by molar-refractivity contribution is 5.10. The first-order valence-electron chi connectivity index (χ1n) is 5.59. The lowest BCUT2D eigenvalue weighted by Gasteiger charge is -2.29. The molecule has 3 unspecified atom stereocenters. The Morgan fingerprint density at radius 2 is 1.88 bits per heavy atom. The molecule has 0 radical (unpaired) electrons. The van der Waals surface area contributed by atoms with Crippen molar-refractivity contribution in [2.75, 3.05) is 39.8 Å². The normalized spacial score (nSPS) is 35.9. The first kappa shape index (κ1) is 11.7. The summed E-state index contributed by atoms with van der Waals surface area (Å²) >= 11 is 0. The minimum Gasteiger partial charge on any atom is -0.388 e. The third-order valence-electron chi connectivity index (χ3n) is 3.02. The van der Waals surface area contributed by atoms with Crippen LogP contribution in [0.1, 0.15) is 0 Å². The smallest absolute Gasteiger partial charge is 0.148 e. The highest BCUT2D eigenvalue weighted by Gasteiger charge is 2.33. The standard InChI is InChI=1S/C11H18N2O3/c1-12-4-6-13(7-5-12)3-2-10-11(15)9(14)8-16-10/h9-11,14-15H,4-8H2,1H3. The second-order valence-electron chi connectivity index (χ2n) is 4.36. The Labute approximate surface area is 95.6 Å². The van der Waals surface area contributed by atoms with Crippen molar-refractivity contribution in [1.82, 2.24) is 9.80 Å². The topological polar surface area (TPSA) is 56.2 Å². The van der Waals surface area contributed by atoms with Gasteiger partial charge in [0, 0.05) is 32.2 Å². The number of likely N-dealkylation sites (N-methyl/N-ethyl adjacent to an activating group) is 1. The summed E-state index contributed by atoms with van der Waals surface area (Å²) in [7, 11) is 2.09. The van der Waals surface area contributed by atoms with Gasteiger partial charge < -0.3 is 24.7 Å². The molecule has 2 rings (SSSR count). The highest BCUT2D eigenvalue weighted by Crippen LogP contribution is 2.13. The molecule has 5 heteroatoms. The third kappa shape index (κ3) is 2.66. The van der Waals surface area contributed by atoms with E-state index < -0.39 is 18.3 Å². The molecule has 0 saturated carbocycles. The zero-order valence-corrected chi connectivity index (χ0v) is 9.46. The maximum atomic E-state index is 9.52. The fraction of sp³-hybridized carbons (Fsp3) is 0.818. The van der Waals surface area contributed by atoms with E-state index in [-0.39, 0.29) is 6.61 Å². The van der Waals surface area contributed by atoms with Crippen molar-refractivity contribution in [3.8, 4) is 12.0 Å². The van der Waals surface area contributed by atoms with Crippen LogP contribution in [-0.4, -0.2) is 78.2 Å². The maximum absolute atomic E-state index is 9.52. The largest absolute Gasteiger partial charge is 0.388 e. The van der Waals surface area contributed by atoms with Crippen LogP contribution in [0.25, 0.3) is 0 Å². The van der Waals surface area contributed by atoms with Gasteiger partial charge in [0.15, 0.2) is 0 Å². The molecule has 0 aromatic rings. The molecule has 0 spiro atoms. The van der Waals surface area contributed by atoms with Crippen LogP contribution in [0.3, 0.4) is 0 Å². The van der Waals surface area contributed by atoms with Crippen molar-refractivity contribution >= 4 is 0 Å². The molecule has 3 atom stereocenters. The van der Waals surface area contributed by atoms with E-state index in [1.54, 1.807) is 0 Å². The number of piperazine rings is 1. The highest BCUT2D eigenvalue weighted by atomic mass is 16.5. The molecule has 0 amide bonds. The zero-order chi connectivity index (χ0) is 11.5. The van der Waals surface area contributed by atoms with Crippen LogP contribution in [0.5, 0.6) is 0 Å². The molecule has 16 heavy (non-hydrogen) atoms. The van der Waals surface area contributed by atoms with Crippen LogP contribution >= 0.6 is 0 Å². The second kappa shape index (κ2) is 5.02. The lowest BCUT2D eigenvalue weighted by atomic mass is 10.1. The van der Waals surface area contributed by atoms with Gasteiger partial charge in [-0.3, -0.25) is 0 Å². The Balaban J connectivity index is 1.85.